The lowest BCUT2D eigenvalue weighted by atomic mass is 10.2. The molecule has 1 rings (SSSR count). The molecule has 0 aliphatic carbocycles. The lowest BCUT2D eigenvalue weighted by Crippen LogP contribution is -2.45. The Kier molecular flexibility index (Phi) is 6.81. The van der Waals surface area contributed by atoms with E-state index in [1.54, 1.807) is 0 Å². The van der Waals surface area contributed by atoms with E-state index in [4.69, 9.17) is 5.11 Å². The Hall–Kier alpha value is -0.760. The number of sulfone groups is 1. The van der Waals surface area contributed by atoms with Crippen LogP contribution in [0.25, 0.3) is 0 Å². The predicted molar refractivity (Wildman–Crippen MR) is 78.6 cm³/mol. The number of hydrogen-bond donors (Lipinski definition) is 1. The second-order valence-electron chi connectivity index (χ2n) is 4.88. The monoisotopic (exact) mass is 323 g/mol. The van der Waals surface area contributed by atoms with Gasteiger partial charge in [-0.3, -0.25) is 9.59 Å². The van der Waals surface area contributed by atoms with Crippen molar-refractivity contribution in [1.29, 1.82) is 0 Å². The first-order valence-electron chi connectivity index (χ1n) is 6.65. The second-order valence-corrected chi connectivity index (χ2v) is 8.21. The summed E-state index contributed by atoms with van der Waals surface area (Å²) in [5.74, 6) is -0.414. The molecule has 0 aromatic carbocycles. The van der Waals surface area contributed by atoms with E-state index in [2.05, 4.69) is 6.92 Å². The number of unbranched alkanes of at least 4 members (excludes halogenated alkanes) is 1. The molecule has 1 aliphatic heterocycles. The van der Waals surface area contributed by atoms with Crippen molar-refractivity contribution in [3.8, 4) is 0 Å². The third-order valence-corrected chi connectivity index (χ3v) is 5.92. The zero-order valence-corrected chi connectivity index (χ0v) is 13.2. The van der Waals surface area contributed by atoms with E-state index in [9.17, 15) is 18.0 Å². The summed E-state index contributed by atoms with van der Waals surface area (Å²) in [7, 11) is -3.13. The minimum Gasteiger partial charge on any atom is -0.480 e. The summed E-state index contributed by atoms with van der Waals surface area (Å²) < 4.78 is 22.9. The second kappa shape index (κ2) is 7.87. The van der Waals surface area contributed by atoms with Gasteiger partial charge in [-0.25, -0.2) is 8.42 Å². The van der Waals surface area contributed by atoms with Gasteiger partial charge in [0.15, 0.2) is 9.84 Å². The van der Waals surface area contributed by atoms with E-state index < -0.39 is 28.4 Å². The highest BCUT2D eigenvalue weighted by atomic mass is 32.2. The quantitative estimate of drug-likeness (QED) is 0.658. The van der Waals surface area contributed by atoms with Crippen molar-refractivity contribution in [2.75, 3.05) is 29.6 Å². The zero-order valence-electron chi connectivity index (χ0n) is 11.6. The number of carbonyl (C=O) groups excluding carboxylic acids is 1. The van der Waals surface area contributed by atoms with Crippen molar-refractivity contribution < 1.29 is 23.1 Å². The largest absolute Gasteiger partial charge is 0.480 e. The van der Waals surface area contributed by atoms with Crippen LogP contribution in [0.1, 0.15) is 26.2 Å². The molecule has 1 amide bonds. The van der Waals surface area contributed by atoms with Crippen LogP contribution in [0.3, 0.4) is 0 Å². The maximum absolute atomic E-state index is 12.1. The third kappa shape index (κ3) is 5.70. The number of rotatable bonds is 8. The molecule has 0 spiro atoms. The molecule has 1 saturated heterocycles. The van der Waals surface area contributed by atoms with E-state index >= 15 is 0 Å². The molecule has 0 radical (unpaired) electrons. The molecule has 1 unspecified atom stereocenters. The van der Waals surface area contributed by atoms with Crippen LogP contribution < -0.4 is 0 Å². The molecule has 1 N–H and O–H groups in total. The summed E-state index contributed by atoms with van der Waals surface area (Å²) in [5.41, 5.74) is 0. The van der Waals surface area contributed by atoms with Gasteiger partial charge in [-0.05, 0) is 18.6 Å². The van der Waals surface area contributed by atoms with Gasteiger partial charge in [0, 0.05) is 6.04 Å². The summed E-state index contributed by atoms with van der Waals surface area (Å²) in [5, 5.41) is 8.88. The number of nitrogens with zero attached hydrogens (tertiary/aromatic N) is 1. The minimum atomic E-state index is -3.13. The molecule has 1 heterocycles. The Labute approximate surface area is 123 Å². The summed E-state index contributed by atoms with van der Waals surface area (Å²) in [4.78, 5) is 24.2. The fourth-order valence-electron chi connectivity index (χ4n) is 2.08. The third-order valence-electron chi connectivity index (χ3n) is 3.14. The molecule has 0 aromatic rings. The molecule has 0 bridgehead atoms. The maximum atomic E-state index is 12.1. The van der Waals surface area contributed by atoms with Crippen molar-refractivity contribution in [2.45, 2.75) is 32.2 Å². The minimum absolute atomic E-state index is 0.0318. The van der Waals surface area contributed by atoms with E-state index in [1.165, 1.54) is 16.7 Å². The Morgan fingerprint density at radius 3 is 2.60 bits per heavy atom. The van der Waals surface area contributed by atoms with Gasteiger partial charge in [-0.15, -0.1) is 0 Å². The van der Waals surface area contributed by atoms with Gasteiger partial charge in [-0.2, -0.15) is 11.8 Å². The molecule has 116 valence electrons. The molecule has 20 heavy (non-hydrogen) atoms. The first-order valence-corrected chi connectivity index (χ1v) is 9.62. The number of amides is 1. The Bertz CT molecular complexity index is 449. The van der Waals surface area contributed by atoms with E-state index in [0.29, 0.717) is 6.42 Å². The van der Waals surface area contributed by atoms with E-state index in [0.717, 1.165) is 18.6 Å². The Balaban J connectivity index is 2.60. The van der Waals surface area contributed by atoms with Gasteiger partial charge < -0.3 is 10.0 Å². The summed E-state index contributed by atoms with van der Waals surface area (Å²) in [6, 6.07) is -0.490. The molecule has 1 fully saturated rings. The average Bonchev–Trinajstić information content (AvgIpc) is 2.71. The van der Waals surface area contributed by atoms with E-state index in [1.807, 2.05) is 0 Å². The summed E-state index contributed by atoms with van der Waals surface area (Å²) in [6.07, 6.45) is 2.39. The van der Waals surface area contributed by atoms with Crippen LogP contribution in [-0.2, 0) is 19.4 Å². The molecular weight excluding hydrogens is 302 g/mol. The van der Waals surface area contributed by atoms with Crippen molar-refractivity contribution in [3.63, 3.8) is 0 Å². The standard InChI is InChI=1S/C12H21NO5S2/c1-2-3-5-19-8-11(14)13(7-12(15)16)10-4-6-20(17,18)9-10/h10H,2-9H2,1H3,(H,15,16). The van der Waals surface area contributed by atoms with Crippen molar-refractivity contribution in [3.05, 3.63) is 0 Å². The van der Waals surface area contributed by atoms with Gasteiger partial charge >= 0.3 is 5.97 Å². The van der Waals surface area contributed by atoms with Crippen LogP contribution in [0.2, 0.25) is 0 Å². The molecule has 1 aliphatic rings. The number of carboxylic acid groups (broad SMARTS) is 1. The topological polar surface area (TPSA) is 91.8 Å². The molecular formula is C12H21NO5S2. The van der Waals surface area contributed by atoms with Crippen LogP contribution in [0, 0.1) is 0 Å². The van der Waals surface area contributed by atoms with Crippen LogP contribution in [0.5, 0.6) is 0 Å². The van der Waals surface area contributed by atoms with Crippen LogP contribution >= 0.6 is 11.8 Å². The maximum Gasteiger partial charge on any atom is 0.323 e. The van der Waals surface area contributed by atoms with Gasteiger partial charge in [0.2, 0.25) is 5.91 Å². The smallest absolute Gasteiger partial charge is 0.323 e. The van der Waals surface area contributed by atoms with Gasteiger partial charge in [0.25, 0.3) is 0 Å². The highest BCUT2D eigenvalue weighted by molar-refractivity contribution is 7.99. The number of aliphatic carboxylic acids is 1. The highest BCUT2D eigenvalue weighted by Crippen LogP contribution is 2.19. The number of hydrogen-bond acceptors (Lipinski definition) is 5. The average molecular weight is 323 g/mol. The van der Waals surface area contributed by atoms with Crippen LogP contribution in [0.15, 0.2) is 0 Å². The molecule has 8 heteroatoms. The summed E-state index contributed by atoms with van der Waals surface area (Å²) >= 11 is 1.47. The predicted octanol–water partition coefficient (Wildman–Crippen LogP) is 0.620. The van der Waals surface area contributed by atoms with Gasteiger partial charge in [-0.1, -0.05) is 13.3 Å². The molecule has 1 atom stereocenters. The van der Waals surface area contributed by atoms with Crippen molar-refractivity contribution in [1.82, 2.24) is 4.90 Å². The first kappa shape index (κ1) is 17.3. The zero-order chi connectivity index (χ0) is 15.2. The fourth-order valence-corrected chi connectivity index (χ4v) is 4.78. The van der Waals surface area contributed by atoms with Crippen molar-refractivity contribution >= 4 is 33.5 Å². The first-order chi connectivity index (χ1) is 9.35. The number of thioether (sulfide) groups is 1. The summed E-state index contributed by atoms with van der Waals surface area (Å²) in [6.45, 7) is 1.63. The van der Waals surface area contributed by atoms with E-state index in [-0.39, 0.29) is 23.2 Å². The van der Waals surface area contributed by atoms with Gasteiger partial charge in [0.1, 0.15) is 6.54 Å². The van der Waals surface area contributed by atoms with Crippen molar-refractivity contribution in [2.24, 2.45) is 0 Å². The molecule has 0 aromatic heterocycles. The van der Waals surface area contributed by atoms with Crippen LogP contribution in [-0.4, -0.2) is 65.9 Å². The normalized spacial score (nSPS) is 20.8. The highest BCUT2D eigenvalue weighted by Gasteiger charge is 2.35. The lowest BCUT2D eigenvalue weighted by Gasteiger charge is -2.26. The number of carboxylic acids is 1. The van der Waals surface area contributed by atoms with Gasteiger partial charge in [0.05, 0.1) is 17.3 Å². The Morgan fingerprint density at radius 1 is 1.40 bits per heavy atom. The number of carbonyl (C=O) groups is 2. The molecule has 0 saturated carbocycles. The van der Waals surface area contributed by atoms with Crippen LogP contribution in [0.4, 0.5) is 0 Å². The lowest BCUT2D eigenvalue weighted by molar-refractivity contribution is -0.144. The fraction of sp³-hybridized carbons (Fsp3) is 0.833. The SMILES string of the molecule is CCCCSCC(=O)N(CC(=O)O)C1CCS(=O)(=O)C1. The Morgan fingerprint density at radius 2 is 2.10 bits per heavy atom. The molecule has 6 nitrogen and oxygen atoms in total.